The second-order valence-electron chi connectivity index (χ2n) is 6.41. The van der Waals surface area contributed by atoms with Gasteiger partial charge < -0.3 is 10.0 Å². The lowest BCUT2D eigenvalue weighted by molar-refractivity contribution is -0.149. The minimum atomic E-state index is -0.929. The fourth-order valence-electron chi connectivity index (χ4n) is 3.15. The molecule has 2 aromatic carbocycles. The van der Waals surface area contributed by atoms with Crippen molar-refractivity contribution in [2.24, 2.45) is 5.92 Å². The van der Waals surface area contributed by atoms with Gasteiger partial charge in [0, 0.05) is 28.4 Å². The summed E-state index contributed by atoms with van der Waals surface area (Å²) in [5, 5.41) is 11.9. The van der Waals surface area contributed by atoms with Gasteiger partial charge in [0.05, 0.1) is 0 Å². The Hall–Kier alpha value is -1.66. The van der Waals surface area contributed by atoms with Crippen LogP contribution < -0.4 is 0 Å². The molecular weight excluding hydrogens is 354 g/mol. The first-order valence-corrected chi connectivity index (χ1v) is 9.80. The number of rotatable bonds is 5. The van der Waals surface area contributed by atoms with Crippen molar-refractivity contribution in [3.63, 3.8) is 0 Å². The second-order valence-corrected chi connectivity index (χ2v) is 8.15. The molecule has 3 atom stereocenters. The standard InChI is InChI=1S/C19H21NO3S2/c1-12(11-24)18(21)20-10-16(9-17(20)19(22)23)25-15-7-6-13-4-2-3-5-14(13)8-15/h2-8,12,16-17,24H,9-11H2,1H3,(H,22,23)/t12?,16?,17-/m0/s1. The summed E-state index contributed by atoms with van der Waals surface area (Å²) in [7, 11) is 0. The Bertz CT molecular complexity index is 795. The zero-order chi connectivity index (χ0) is 18.0. The highest BCUT2D eigenvalue weighted by Crippen LogP contribution is 2.35. The molecule has 1 N–H and O–H groups in total. The van der Waals surface area contributed by atoms with Crippen molar-refractivity contribution in [1.29, 1.82) is 0 Å². The van der Waals surface area contributed by atoms with Crippen LogP contribution in [0.5, 0.6) is 0 Å². The Morgan fingerprint density at radius 2 is 2.00 bits per heavy atom. The van der Waals surface area contributed by atoms with Crippen molar-refractivity contribution in [3.8, 4) is 0 Å². The number of carbonyl (C=O) groups excluding carboxylic acids is 1. The van der Waals surface area contributed by atoms with Gasteiger partial charge in [0.2, 0.25) is 5.91 Å². The van der Waals surface area contributed by atoms with Gasteiger partial charge in [0.1, 0.15) is 6.04 Å². The number of carbonyl (C=O) groups is 2. The van der Waals surface area contributed by atoms with E-state index in [1.54, 1.807) is 18.7 Å². The van der Waals surface area contributed by atoms with Crippen LogP contribution in [0.1, 0.15) is 13.3 Å². The minimum Gasteiger partial charge on any atom is -0.480 e. The molecule has 2 unspecified atom stereocenters. The predicted molar refractivity (Wildman–Crippen MR) is 104 cm³/mol. The number of nitrogens with zero attached hydrogens (tertiary/aromatic N) is 1. The number of likely N-dealkylation sites (tertiary alicyclic amines) is 1. The summed E-state index contributed by atoms with van der Waals surface area (Å²) in [5.41, 5.74) is 0. The maximum Gasteiger partial charge on any atom is 0.326 e. The highest BCUT2D eigenvalue weighted by Gasteiger charge is 2.41. The summed E-state index contributed by atoms with van der Waals surface area (Å²) < 4.78 is 0. The number of carboxylic acids is 1. The van der Waals surface area contributed by atoms with Crippen molar-refractivity contribution in [2.45, 2.75) is 29.5 Å². The summed E-state index contributed by atoms with van der Waals surface area (Å²) >= 11 is 5.82. The first-order valence-electron chi connectivity index (χ1n) is 8.29. The van der Waals surface area contributed by atoms with Crippen LogP contribution in [0, 0.1) is 5.92 Å². The molecule has 0 aliphatic carbocycles. The monoisotopic (exact) mass is 375 g/mol. The number of carboxylic acid groups (broad SMARTS) is 1. The Labute approximate surface area is 157 Å². The van der Waals surface area contributed by atoms with Crippen LogP contribution in [-0.2, 0) is 9.59 Å². The molecule has 0 spiro atoms. The fourth-order valence-corrected chi connectivity index (χ4v) is 4.55. The first kappa shape index (κ1) is 18.1. The van der Waals surface area contributed by atoms with E-state index in [1.165, 1.54) is 10.3 Å². The lowest BCUT2D eigenvalue weighted by Gasteiger charge is -2.24. The lowest BCUT2D eigenvalue weighted by atomic mass is 10.1. The maximum atomic E-state index is 12.5. The van der Waals surface area contributed by atoms with Crippen molar-refractivity contribution in [3.05, 3.63) is 42.5 Å². The molecule has 3 rings (SSSR count). The molecule has 4 nitrogen and oxygen atoms in total. The highest BCUT2D eigenvalue weighted by molar-refractivity contribution is 8.00. The van der Waals surface area contributed by atoms with Crippen molar-refractivity contribution >= 4 is 47.0 Å². The van der Waals surface area contributed by atoms with Gasteiger partial charge >= 0.3 is 5.97 Å². The number of hydrogen-bond acceptors (Lipinski definition) is 4. The molecule has 0 radical (unpaired) electrons. The summed E-state index contributed by atoms with van der Waals surface area (Å²) in [6.45, 7) is 2.25. The molecule has 1 fully saturated rings. The first-order chi connectivity index (χ1) is 12.0. The zero-order valence-electron chi connectivity index (χ0n) is 14.0. The zero-order valence-corrected chi connectivity index (χ0v) is 15.7. The molecule has 0 saturated carbocycles. The molecule has 1 saturated heterocycles. The largest absolute Gasteiger partial charge is 0.480 e. The van der Waals surface area contributed by atoms with Crippen LogP contribution in [0.2, 0.25) is 0 Å². The fraction of sp³-hybridized carbons (Fsp3) is 0.368. The topological polar surface area (TPSA) is 57.6 Å². The van der Waals surface area contributed by atoms with Crippen LogP contribution in [0.25, 0.3) is 10.8 Å². The van der Waals surface area contributed by atoms with Gasteiger partial charge in [0.25, 0.3) is 0 Å². The predicted octanol–water partition coefficient (Wildman–Crippen LogP) is 3.55. The molecule has 1 aliphatic rings. The van der Waals surface area contributed by atoms with Gasteiger partial charge in [-0.3, -0.25) is 4.79 Å². The summed E-state index contributed by atoms with van der Waals surface area (Å²) in [4.78, 5) is 26.7. The number of amides is 1. The lowest BCUT2D eigenvalue weighted by Crippen LogP contribution is -2.43. The average molecular weight is 376 g/mol. The van der Waals surface area contributed by atoms with Crippen LogP contribution in [0.15, 0.2) is 47.4 Å². The van der Waals surface area contributed by atoms with E-state index in [2.05, 4.69) is 43.0 Å². The van der Waals surface area contributed by atoms with Gasteiger partial charge in [-0.15, -0.1) is 11.8 Å². The van der Waals surface area contributed by atoms with Crippen molar-refractivity contribution < 1.29 is 14.7 Å². The van der Waals surface area contributed by atoms with Crippen LogP contribution in [0.3, 0.4) is 0 Å². The number of benzene rings is 2. The van der Waals surface area contributed by atoms with E-state index in [9.17, 15) is 14.7 Å². The molecule has 2 aromatic rings. The molecule has 1 heterocycles. The van der Waals surface area contributed by atoms with Crippen LogP contribution in [-0.4, -0.2) is 45.5 Å². The van der Waals surface area contributed by atoms with E-state index < -0.39 is 12.0 Å². The third kappa shape index (κ3) is 3.96. The maximum absolute atomic E-state index is 12.5. The molecular formula is C19H21NO3S2. The van der Waals surface area contributed by atoms with Gasteiger partial charge in [-0.1, -0.05) is 37.3 Å². The number of thioether (sulfide) groups is 1. The number of thiol groups is 1. The number of hydrogen-bond donors (Lipinski definition) is 2. The Balaban J connectivity index is 1.76. The van der Waals surface area contributed by atoms with Gasteiger partial charge in [-0.05, 0) is 29.3 Å². The Morgan fingerprint density at radius 1 is 1.28 bits per heavy atom. The van der Waals surface area contributed by atoms with Gasteiger partial charge in [-0.2, -0.15) is 12.6 Å². The number of fused-ring (bicyclic) bond motifs is 1. The van der Waals surface area contributed by atoms with Crippen LogP contribution >= 0.6 is 24.4 Å². The Kier molecular flexibility index (Phi) is 5.59. The van der Waals surface area contributed by atoms with Gasteiger partial charge in [0.15, 0.2) is 0 Å². The summed E-state index contributed by atoms with van der Waals surface area (Å²) in [6.07, 6.45) is 0.470. The smallest absolute Gasteiger partial charge is 0.326 e. The summed E-state index contributed by atoms with van der Waals surface area (Å²) in [5.74, 6) is -0.899. The second kappa shape index (κ2) is 7.70. The van der Waals surface area contributed by atoms with Crippen LogP contribution in [0.4, 0.5) is 0 Å². The van der Waals surface area contributed by atoms with E-state index >= 15 is 0 Å². The van der Waals surface area contributed by atoms with Crippen molar-refractivity contribution in [2.75, 3.05) is 12.3 Å². The average Bonchev–Trinajstić information content (AvgIpc) is 3.04. The molecule has 0 aromatic heterocycles. The minimum absolute atomic E-state index is 0.0818. The molecule has 25 heavy (non-hydrogen) atoms. The molecule has 132 valence electrons. The van der Waals surface area contributed by atoms with E-state index in [-0.39, 0.29) is 17.1 Å². The third-order valence-corrected chi connectivity index (χ3v) is 6.30. The number of aliphatic carboxylic acids is 1. The van der Waals surface area contributed by atoms with E-state index in [0.29, 0.717) is 18.7 Å². The highest BCUT2D eigenvalue weighted by atomic mass is 32.2. The van der Waals surface area contributed by atoms with Crippen molar-refractivity contribution in [1.82, 2.24) is 4.90 Å². The summed E-state index contributed by atoms with van der Waals surface area (Å²) in [6, 6.07) is 13.7. The Morgan fingerprint density at radius 3 is 2.68 bits per heavy atom. The van der Waals surface area contributed by atoms with E-state index in [4.69, 9.17) is 0 Å². The molecule has 1 aliphatic heterocycles. The molecule has 0 bridgehead atoms. The van der Waals surface area contributed by atoms with Gasteiger partial charge in [-0.25, -0.2) is 4.79 Å². The third-order valence-electron chi connectivity index (χ3n) is 4.55. The van der Waals surface area contributed by atoms with E-state index in [0.717, 1.165) is 10.3 Å². The molecule has 1 amide bonds. The van der Waals surface area contributed by atoms with E-state index in [1.807, 2.05) is 12.1 Å². The molecule has 6 heteroatoms. The normalized spacial score (nSPS) is 21.4. The quantitative estimate of drug-likeness (QED) is 0.785. The SMILES string of the molecule is CC(CS)C(=O)N1CC(Sc2ccc3ccccc3c2)C[C@H]1C(=O)O.